The standard InChI is InChI=1S/C13H20NOP/c1-10-8-12(3)13(9-11(10)2)16-14-4-6-15-7-5-14/h8-9,16H,4-7H2,1-3H3. The van der Waals surface area contributed by atoms with E-state index in [9.17, 15) is 0 Å². The van der Waals surface area contributed by atoms with Gasteiger partial charge in [0.1, 0.15) is 0 Å². The van der Waals surface area contributed by atoms with Gasteiger partial charge in [0.05, 0.1) is 13.2 Å². The van der Waals surface area contributed by atoms with Gasteiger partial charge in [0, 0.05) is 13.1 Å². The van der Waals surface area contributed by atoms with E-state index < -0.39 is 0 Å². The Balaban J connectivity index is 2.11. The molecule has 1 heterocycles. The highest BCUT2D eigenvalue weighted by molar-refractivity contribution is 7.44. The predicted molar refractivity (Wildman–Crippen MR) is 71.0 cm³/mol. The highest BCUT2D eigenvalue weighted by Gasteiger charge is 2.12. The van der Waals surface area contributed by atoms with Crippen molar-refractivity contribution in [1.82, 2.24) is 4.67 Å². The second-order valence-electron chi connectivity index (χ2n) is 4.46. The van der Waals surface area contributed by atoms with Crippen LogP contribution in [-0.2, 0) is 4.74 Å². The minimum atomic E-state index is 0.799. The van der Waals surface area contributed by atoms with Crippen molar-refractivity contribution < 1.29 is 4.74 Å². The van der Waals surface area contributed by atoms with E-state index >= 15 is 0 Å². The minimum Gasteiger partial charge on any atom is -0.379 e. The van der Waals surface area contributed by atoms with Gasteiger partial charge in [-0.05, 0) is 51.5 Å². The number of hydrogen-bond donors (Lipinski definition) is 0. The second-order valence-corrected chi connectivity index (χ2v) is 5.86. The number of morpholine rings is 1. The van der Waals surface area contributed by atoms with E-state index in [1.54, 1.807) is 0 Å². The fraction of sp³-hybridized carbons (Fsp3) is 0.538. The molecule has 0 radical (unpaired) electrons. The topological polar surface area (TPSA) is 12.5 Å². The lowest BCUT2D eigenvalue weighted by Crippen LogP contribution is -2.31. The predicted octanol–water partition coefficient (Wildman–Crippen LogP) is 2.16. The largest absolute Gasteiger partial charge is 0.379 e. The van der Waals surface area contributed by atoms with Crippen molar-refractivity contribution in [2.75, 3.05) is 26.3 Å². The highest BCUT2D eigenvalue weighted by Crippen LogP contribution is 2.22. The number of nitrogens with zero attached hydrogens (tertiary/aromatic N) is 1. The lowest BCUT2D eigenvalue weighted by atomic mass is 10.1. The van der Waals surface area contributed by atoms with Gasteiger partial charge in [-0.2, -0.15) is 0 Å². The van der Waals surface area contributed by atoms with E-state index in [1.165, 1.54) is 22.0 Å². The SMILES string of the molecule is Cc1cc(C)c(PN2CCOCC2)cc1C. The molecule has 1 aliphatic heterocycles. The maximum absolute atomic E-state index is 5.37. The van der Waals surface area contributed by atoms with E-state index in [-0.39, 0.29) is 0 Å². The summed E-state index contributed by atoms with van der Waals surface area (Å²) in [5, 5.41) is 1.49. The molecule has 1 unspecified atom stereocenters. The molecule has 3 heteroatoms. The van der Waals surface area contributed by atoms with Crippen LogP contribution in [0.1, 0.15) is 16.7 Å². The van der Waals surface area contributed by atoms with Crippen molar-refractivity contribution in [3.63, 3.8) is 0 Å². The average Bonchev–Trinajstić information content (AvgIpc) is 2.27. The maximum atomic E-state index is 5.37. The first-order valence-electron chi connectivity index (χ1n) is 5.84. The minimum absolute atomic E-state index is 0.799. The summed E-state index contributed by atoms with van der Waals surface area (Å²) in [5.41, 5.74) is 4.22. The smallest absolute Gasteiger partial charge is 0.0597 e. The van der Waals surface area contributed by atoms with Crippen LogP contribution in [0.5, 0.6) is 0 Å². The third kappa shape index (κ3) is 2.82. The monoisotopic (exact) mass is 237 g/mol. The molecule has 0 N–H and O–H groups in total. The Bertz CT molecular complexity index is 372. The molecule has 0 spiro atoms. The van der Waals surface area contributed by atoms with Crippen LogP contribution in [0.3, 0.4) is 0 Å². The third-order valence-corrected chi connectivity index (χ3v) is 4.67. The van der Waals surface area contributed by atoms with Crippen molar-refractivity contribution in [1.29, 1.82) is 0 Å². The quantitative estimate of drug-likeness (QED) is 0.731. The Morgan fingerprint density at radius 1 is 1.00 bits per heavy atom. The molecular formula is C13H20NOP. The summed E-state index contributed by atoms with van der Waals surface area (Å²) in [6.45, 7) is 10.5. The number of ether oxygens (including phenoxy) is 1. The van der Waals surface area contributed by atoms with Crippen molar-refractivity contribution in [3.05, 3.63) is 28.8 Å². The van der Waals surface area contributed by atoms with Gasteiger partial charge in [0.15, 0.2) is 0 Å². The first kappa shape index (κ1) is 12.0. The van der Waals surface area contributed by atoms with Crippen LogP contribution in [0.25, 0.3) is 0 Å². The molecule has 1 aliphatic rings. The zero-order valence-corrected chi connectivity index (χ0v) is 11.3. The normalized spacial score (nSPS) is 18.4. The molecule has 1 atom stereocenters. The van der Waals surface area contributed by atoms with Gasteiger partial charge in [-0.15, -0.1) is 0 Å². The summed E-state index contributed by atoms with van der Waals surface area (Å²) in [4.78, 5) is 0. The van der Waals surface area contributed by atoms with Crippen molar-refractivity contribution in [2.24, 2.45) is 0 Å². The molecule has 88 valence electrons. The first-order chi connectivity index (χ1) is 7.66. The molecule has 0 aliphatic carbocycles. The molecule has 0 aromatic heterocycles. The van der Waals surface area contributed by atoms with Crippen LogP contribution >= 0.6 is 8.73 Å². The molecule has 16 heavy (non-hydrogen) atoms. The average molecular weight is 237 g/mol. The molecule has 1 aromatic carbocycles. The Morgan fingerprint density at radius 2 is 1.62 bits per heavy atom. The zero-order valence-electron chi connectivity index (χ0n) is 10.3. The summed E-state index contributed by atoms with van der Waals surface area (Å²) in [6, 6.07) is 4.65. The van der Waals surface area contributed by atoms with Gasteiger partial charge in [0.25, 0.3) is 0 Å². The van der Waals surface area contributed by atoms with E-state index in [1.807, 2.05) is 0 Å². The van der Waals surface area contributed by atoms with Gasteiger partial charge < -0.3 is 4.74 Å². The van der Waals surface area contributed by atoms with Crippen LogP contribution in [-0.4, -0.2) is 31.0 Å². The van der Waals surface area contributed by atoms with Crippen molar-refractivity contribution in [3.8, 4) is 0 Å². The Labute approximate surface area is 99.8 Å². The molecule has 0 amide bonds. The maximum Gasteiger partial charge on any atom is 0.0597 e. The first-order valence-corrected chi connectivity index (χ1v) is 6.79. The molecule has 2 rings (SSSR count). The van der Waals surface area contributed by atoms with E-state index in [4.69, 9.17) is 4.74 Å². The Morgan fingerprint density at radius 3 is 2.31 bits per heavy atom. The van der Waals surface area contributed by atoms with Crippen LogP contribution in [0.4, 0.5) is 0 Å². The number of hydrogen-bond acceptors (Lipinski definition) is 2. The third-order valence-electron chi connectivity index (χ3n) is 3.13. The van der Waals surface area contributed by atoms with Gasteiger partial charge in [-0.1, -0.05) is 12.1 Å². The lowest BCUT2D eigenvalue weighted by molar-refractivity contribution is 0.0763. The van der Waals surface area contributed by atoms with Gasteiger partial charge in [0.2, 0.25) is 0 Å². The van der Waals surface area contributed by atoms with E-state index in [2.05, 4.69) is 37.6 Å². The number of aryl methyl sites for hydroxylation is 3. The van der Waals surface area contributed by atoms with Gasteiger partial charge >= 0.3 is 0 Å². The lowest BCUT2D eigenvalue weighted by Gasteiger charge is -2.27. The number of rotatable bonds is 2. The molecule has 1 saturated heterocycles. The molecular weight excluding hydrogens is 217 g/mol. The van der Waals surface area contributed by atoms with Gasteiger partial charge in [-0.3, -0.25) is 4.67 Å². The fourth-order valence-electron chi connectivity index (χ4n) is 1.93. The summed E-state index contributed by atoms with van der Waals surface area (Å²) < 4.78 is 7.87. The summed E-state index contributed by atoms with van der Waals surface area (Å²) >= 11 is 0. The molecule has 0 bridgehead atoms. The zero-order chi connectivity index (χ0) is 11.5. The fourth-order valence-corrected chi connectivity index (χ4v) is 3.20. The van der Waals surface area contributed by atoms with Crippen molar-refractivity contribution >= 4 is 14.0 Å². The van der Waals surface area contributed by atoms with Crippen LogP contribution in [0, 0.1) is 20.8 Å². The van der Waals surface area contributed by atoms with Gasteiger partial charge in [-0.25, -0.2) is 0 Å². The molecule has 1 fully saturated rings. The summed E-state index contributed by atoms with van der Waals surface area (Å²) in [7, 11) is 0.799. The van der Waals surface area contributed by atoms with Crippen LogP contribution in [0.2, 0.25) is 0 Å². The molecule has 1 aromatic rings. The van der Waals surface area contributed by atoms with Crippen LogP contribution < -0.4 is 5.30 Å². The molecule has 2 nitrogen and oxygen atoms in total. The summed E-state index contributed by atoms with van der Waals surface area (Å²) in [5.74, 6) is 0. The number of benzene rings is 1. The second kappa shape index (κ2) is 5.27. The molecule has 0 saturated carbocycles. The van der Waals surface area contributed by atoms with E-state index in [0.717, 1.165) is 35.0 Å². The van der Waals surface area contributed by atoms with E-state index in [0.29, 0.717) is 0 Å². The van der Waals surface area contributed by atoms with Crippen molar-refractivity contribution in [2.45, 2.75) is 20.8 Å². The Hall–Kier alpha value is -0.430. The Kier molecular flexibility index (Phi) is 3.96. The highest BCUT2D eigenvalue weighted by atomic mass is 31.1. The van der Waals surface area contributed by atoms with Crippen LogP contribution in [0.15, 0.2) is 12.1 Å². The summed E-state index contributed by atoms with van der Waals surface area (Å²) in [6.07, 6.45) is 0.